The van der Waals surface area contributed by atoms with Crippen molar-refractivity contribution in [2.45, 2.75) is 18.0 Å². The van der Waals surface area contributed by atoms with Gasteiger partial charge in [0.2, 0.25) is 5.91 Å². The normalized spacial score (nSPS) is 17.9. The van der Waals surface area contributed by atoms with Gasteiger partial charge in [0, 0.05) is 22.9 Å². The Kier molecular flexibility index (Phi) is 6.77. The number of carbonyl (C=O) groups is 2. The summed E-state index contributed by atoms with van der Waals surface area (Å²) in [6.07, 6.45) is 0. The third-order valence-corrected chi connectivity index (χ3v) is 6.72. The van der Waals surface area contributed by atoms with Crippen LogP contribution < -0.4 is 5.32 Å². The lowest BCUT2D eigenvalue weighted by atomic mass is 10.1. The van der Waals surface area contributed by atoms with E-state index in [9.17, 15) is 18.4 Å². The first-order valence-corrected chi connectivity index (χ1v) is 11.3. The van der Waals surface area contributed by atoms with Crippen molar-refractivity contribution in [1.29, 1.82) is 0 Å². The molecule has 2 unspecified atom stereocenters. The highest BCUT2D eigenvalue weighted by Crippen LogP contribution is 2.42. The molecule has 0 saturated carbocycles. The third-order valence-electron chi connectivity index (χ3n) is 5.14. The van der Waals surface area contributed by atoms with Crippen molar-refractivity contribution in [3.05, 3.63) is 106 Å². The molecule has 32 heavy (non-hydrogen) atoms. The van der Waals surface area contributed by atoms with Crippen LogP contribution >= 0.6 is 23.4 Å². The Hall–Kier alpha value is -2.90. The minimum atomic E-state index is -0.753. The van der Waals surface area contributed by atoms with Crippen LogP contribution in [0.3, 0.4) is 0 Å². The number of thioether (sulfide) groups is 1. The largest absolute Gasteiger partial charge is 0.350 e. The van der Waals surface area contributed by atoms with Crippen molar-refractivity contribution in [3.8, 4) is 0 Å². The second-order valence-corrected chi connectivity index (χ2v) is 8.87. The molecular formula is C24H19ClF2N2O2S. The number of hydrogen-bond acceptors (Lipinski definition) is 3. The van der Waals surface area contributed by atoms with E-state index in [1.807, 2.05) is 0 Å². The van der Waals surface area contributed by atoms with Crippen molar-refractivity contribution >= 4 is 35.2 Å². The summed E-state index contributed by atoms with van der Waals surface area (Å²) in [5.41, 5.74) is 1.73. The summed E-state index contributed by atoms with van der Waals surface area (Å²) in [6.45, 7) is 0.202. The van der Waals surface area contributed by atoms with Gasteiger partial charge in [-0.25, -0.2) is 8.78 Å². The molecule has 1 aliphatic heterocycles. The van der Waals surface area contributed by atoms with Gasteiger partial charge >= 0.3 is 0 Å². The summed E-state index contributed by atoms with van der Waals surface area (Å²) in [5, 5.41) is 2.80. The van der Waals surface area contributed by atoms with Gasteiger partial charge in [0.25, 0.3) is 5.91 Å². The van der Waals surface area contributed by atoms with E-state index in [0.29, 0.717) is 21.9 Å². The van der Waals surface area contributed by atoms with Crippen LogP contribution in [0.1, 0.15) is 26.9 Å². The van der Waals surface area contributed by atoms with E-state index in [1.54, 1.807) is 48.5 Å². The molecule has 0 spiro atoms. The molecule has 2 amide bonds. The summed E-state index contributed by atoms with van der Waals surface area (Å²) >= 11 is 7.35. The quantitative estimate of drug-likeness (QED) is 0.556. The molecule has 1 fully saturated rings. The van der Waals surface area contributed by atoms with E-state index < -0.39 is 17.2 Å². The highest BCUT2D eigenvalue weighted by Gasteiger charge is 2.42. The van der Waals surface area contributed by atoms with Crippen molar-refractivity contribution in [2.75, 3.05) is 5.75 Å². The lowest BCUT2D eigenvalue weighted by molar-refractivity contribution is -0.125. The molecule has 0 aromatic heterocycles. The molecular weight excluding hydrogens is 454 g/mol. The zero-order valence-corrected chi connectivity index (χ0v) is 18.4. The second-order valence-electron chi connectivity index (χ2n) is 7.32. The predicted molar refractivity (Wildman–Crippen MR) is 121 cm³/mol. The van der Waals surface area contributed by atoms with Gasteiger partial charge in [-0.15, -0.1) is 11.8 Å². The van der Waals surface area contributed by atoms with Crippen LogP contribution in [0, 0.1) is 11.6 Å². The van der Waals surface area contributed by atoms with Gasteiger partial charge in [0.05, 0.1) is 0 Å². The number of rotatable bonds is 5. The van der Waals surface area contributed by atoms with Gasteiger partial charge in [0.1, 0.15) is 23.1 Å². The van der Waals surface area contributed by atoms with Crippen LogP contribution in [0.5, 0.6) is 0 Å². The van der Waals surface area contributed by atoms with Crippen LogP contribution in [-0.2, 0) is 11.3 Å². The van der Waals surface area contributed by atoms with Crippen LogP contribution in [0.4, 0.5) is 8.78 Å². The molecule has 1 aliphatic rings. The Balaban J connectivity index is 1.59. The average molecular weight is 473 g/mol. The zero-order valence-electron chi connectivity index (χ0n) is 16.8. The summed E-state index contributed by atoms with van der Waals surface area (Å²) < 4.78 is 27.0. The Morgan fingerprint density at radius 3 is 2.41 bits per heavy atom. The molecule has 0 radical (unpaired) electrons. The lowest BCUT2D eigenvalue weighted by Crippen LogP contribution is -2.47. The van der Waals surface area contributed by atoms with Gasteiger partial charge < -0.3 is 10.2 Å². The predicted octanol–water partition coefficient (Wildman–Crippen LogP) is 5.19. The molecule has 3 aromatic carbocycles. The smallest absolute Gasteiger partial charge is 0.255 e. The fourth-order valence-electron chi connectivity index (χ4n) is 3.52. The number of amides is 2. The molecule has 0 aliphatic carbocycles. The molecule has 4 nitrogen and oxygen atoms in total. The van der Waals surface area contributed by atoms with Crippen LogP contribution in [0.2, 0.25) is 5.02 Å². The molecule has 0 bridgehead atoms. The van der Waals surface area contributed by atoms with Gasteiger partial charge in [-0.3, -0.25) is 9.59 Å². The Bertz CT molecular complexity index is 1130. The van der Waals surface area contributed by atoms with Crippen LogP contribution in [0.15, 0.2) is 72.8 Å². The molecule has 8 heteroatoms. The lowest BCUT2D eigenvalue weighted by Gasteiger charge is -2.29. The summed E-state index contributed by atoms with van der Waals surface area (Å²) in [4.78, 5) is 27.9. The fourth-order valence-corrected chi connectivity index (χ4v) is 5.07. The minimum Gasteiger partial charge on any atom is -0.350 e. The van der Waals surface area contributed by atoms with Gasteiger partial charge in [-0.1, -0.05) is 35.9 Å². The molecule has 4 rings (SSSR count). The molecule has 1 N–H and O–H groups in total. The first-order chi connectivity index (χ1) is 15.4. The maximum atomic E-state index is 13.9. The van der Waals surface area contributed by atoms with Crippen molar-refractivity contribution in [3.63, 3.8) is 0 Å². The van der Waals surface area contributed by atoms with E-state index in [4.69, 9.17) is 11.6 Å². The number of nitrogens with one attached hydrogen (secondary N) is 1. The summed E-state index contributed by atoms with van der Waals surface area (Å²) in [7, 11) is 0. The summed E-state index contributed by atoms with van der Waals surface area (Å²) in [5.74, 6) is -1.09. The van der Waals surface area contributed by atoms with Crippen molar-refractivity contribution in [2.24, 2.45) is 0 Å². The van der Waals surface area contributed by atoms with Gasteiger partial charge in [-0.2, -0.15) is 0 Å². The highest BCUT2D eigenvalue weighted by molar-refractivity contribution is 7.99. The van der Waals surface area contributed by atoms with E-state index in [1.165, 1.54) is 40.9 Å². The standard InChI is InChI=1S/C24H19ClF2N2O2S/c25-18-8-6-16(7-9-18)23(31)29-21(14-32-24(29)17-2-1-3-20(27)12-17)22(30)28-13-15-4-10-19(26)11-5-15/h1-12,21,24H,13-14H2,(H,28,30). The Morgan fingerprint density at radius 2 is 1.72 bits per heavy atom. The van der Waals surface area contributed by atoms with E-state index in [2.05, 4.69) is 5.32 Å². The molecule has 2 atom stereocenters. The summed E-state index contributed by atoms with van der Waals surface area (Å²) in [6, 6.07) is 17.5. The second kappa shape index (κ2) is 9.71. The molecule has 3 aromatic rings. The van der Waals surface area contributed by atoms with E-state index >= 15 is 0 Å². The monoisotopic (exact) mass is 472 g/mol. The highest BCUT2D eigenvalue weighted by atomic mass is 35.5. The topological polar surface area (TPSA) is 49.4 Å². The maximum absolute atomic E-state index is 13.9. The SMILES string of the molecule is O=C(NCc1ccc(F)cc1)C1CSC(c2cccc(F)c2)N1C(=O)c1ccc(Cl)cc1. The number of benzene rings is 3. The molecule has 1 heterocycles. The molecule has 1 saturated heterocycles. The maximum Gasteiger partial charge on any atom is 0.255 e. The van der Waals surface area contributed by atoms with Crippen molar-refractivity contribution in [1.82, 2.24) is 10.2 Å². The number of hydrogen-bond donors (Lipinski definition) is 1. The first-order valence-electron chi connectivity index (χ1n) is 9.90. The van der Waals surface area contributed by atoms with Crippen molar-refractivity contribution < 1.29 is 18.4 Å². The first kappa shape index (κ1) is 22.3. The number of nitrogens with zero attached hydrogens (tertiary/aromatic N) is 1. The van der Waals surface area contributed by atoms with E-state index in [-0.39, 0.29) is 24.2 Å². The van der Waals surface area contributed by atoms with Crippen LogP contribution in [-0.4, -0.2) is 28.5 Å². The zero-order chi connectivity index (χ0) is 22.7. The molecule has 164 valence electrons. The van der Waals surface area contributed by atoms with Gasteiger partial charge in [0.15, 0.2) is 0 Å². The number of carbonyl (C=O) groups excluding carboxylic acids is 2. The minimum absolute atomic E-state index is 0.202. The van der Waals surface area contributed by atoms with Crippen LogP contribution in [0.25, 0.3) is 0 Å². The average Bonchev–Trinajstić information content (AvgIpc) is 3.24. The van der Waals surface area contributed by atoms with Gasteiger partial charge in [-0.05, 0) is 59.7 Å². The fraction of sp³-hybridized carbons (Fsp3) is 0.167. The number of halogens is 3. The Morgan fingerprint density at radius 1 is 1.00 bits per heavy atom. The van der Waals surface area contributed by atoms with E-state index in [0.717, 1.165) is 5.56 Å². The third kappa shape index (κ3) is 4.95. The Labute approximate surface area is 193 Å².